The minimum atomic E-state index is 0.818. The summed E-state index contributed by atoms with van der Waals surface area (Å²) in [6.45, 7) is 0.818. The Kier molecular flexibility index (Phi) is 4.51. The van der Waals surface area contributed by atoms with Crippen LogP contribution in [-0.4, -0.2) is 11.5 Å². The van der Waals surface area contributed by atoms with Gasteiger partial charge in [-0.3, -0.25) is 4.98 Å². The van der Waals surface area contributed by atoms with Crippen LogP contribution >= 0.6 is 0 Å². The van der Waals surface area contributed by atoms with E-state index in [-0.39, 0.29) is 0 Å². The van der Waals surface area contributed by atoms with Gasteiger partial charge in [-0.05, 0) is 43.5 Å². The van der Waals surface area contributed by atoms with Crippen molar-refractivity contribution < 1.29 is 0 Å². The smallest absolute Gasteiger partial charge is 0.0704 e. The standard InChI is InChI=1S/C15H20N2/c16-11-6-2-1-3-7-13-10-12-17-15-9-5-4-8-14(13)15/h4-5,8-10,12H,1-3,6-7,11,16H2. The molecular formula is C15H20N2. The first-order chi connectivity index (χ1) is 8.42. The first-order valence-electron chi connectivity index (χ1n) is 6.44. The average Bonchev–Trinajstić information content (AvgIpc) is 2.39. The second kappa shape index (κ2) is 6.36. The van der Waals surface area contributed by atoms with Crippen molar-refractivity contribution in [3.05, 3.63) is 42.1 Å². The number of aryl methyl sites for hydroxylation is 1. The third-order valence-electron chi connectivity index (χ3n) is 3.14. The highest BCUT2D eigenvalue weighted by molar-refractivity contribution is 5.81. The predicted octanol–water partition coefficient (Wildman–Crippen LogP) is 3.30. The van der Waals surface area contributed by atoms with E-state index in [0.717, 1.165) is 24.9 Å². The Hall–Kier alpha value is -1.41. The molecule has 2 nitrogen and oxygen atoms in total. The van der Waals surface area contributed by atoms with Crippen molar-refractivity contribution >= 4 is 10.9 Å². The highest BCUT2D eigenvalue weighted by atomic mass is 14.6. The molecular weight excluding hydrogens is 208 g/mol. The molecule has 0 radical (unpaired) electrons. The van der Waals surface area contributed by atoms with E-state index in [9.17, 15) is 0 Å². The summed E-state index contributed by atoms with van der Waals surface area (Å²) < 4.78 is 0. The number of nitrogens with two attached hydrogens (primary N) is 1. The molecule has 1 aromatic carbocycles. The van der Waals surface area contributed by atoms with E-state index in [1.165, 1.54) is 30.2 Å². The van der Waals surface area contributed by atoms with Crippen molar-refractivity contribution in [3.8, 4) is 0 Å². The molecule has 0 aliphatic rings. The molecule has 1 aromatic heterocycles. The van der Waals surface area contributed by atoms with Crippen LogP contribution in [0.15, 0.2) is 36.5 Å². The fraction of sp³-hybridized carbons (Fsp3) is 0.400. The maximum absolute atomic E-state index is 5.49. The number of fused-ring (bicyclic) bond motifs is 1. The second-order valence-electron chi connectivity index (χ2n) is 4.44. The van der Waals surface area contributed by atoms with Gasteiger partial charge in [-0.2, -0.15) is 0 Å². The van der Waals surface area contributed by atoms with Crippen LogP contribution in [0.5, 0.6) is 0 Å². The molecule has 0 bridgehead atoms. The average molecular weight is 228 g/mol. The summed E-state index contributed by atoms with van der Waals surface area (Å²) in [4.78, 5) is 4.38. The molecule has 1 heterocycles. The van der Waals surface area contributed by atoms with E-state index in [0.29, 0.717) is 0 Å². The van der Waals surface area contributed by atoms with Crippen molar-refractivity contribution in [2.24, 2.45) is 5.73 Å². The SMILES string of the molecule is NCCCCCCc1ccnc2ccccc12. The summed E-state index contributed by atoms with van der Waals surface area (Å²) in [5, 5.41) is 1.30. The van der Waals surface area contributed by atoms with Crippen LogP contribution in [0, 0.1) is 0 Å². The van der Waals surface area contributed by atoms with Crippen LogP contribution in [0.2, 0.25) is 0 Å². The maximum Gasteiger partial charge on any atom is 0.0704 e. The monoisotopic (exact) mass is 228 g/mol. The Morgan fingerprint density at radius 3 is 2.65 bits per heavy atom. The molecule has 90 valence electrons. The number of nitrogens with zero attached hydrogens (tertiary/aromatic N) is 1. The fourth-order valence-corrected chi connectivity index (χ4v) is 2.19. The van der Waals surface area contributed by atoms with E-state index in [1.54, 1.807) is 0 Å². The molecule has 0 amide bonds. The number of hydrogen-bond acceptors (Lipinski definition) is 2. The summed E-state index contributed by atoms with van der Waals surface area (Å²) in [6.07, 6.45) is 7.98. The number of unbranched alkanes of at least 4 members (excludes halogenated alkanes) is 3. The number of rotatable bonds is 6. The minimum Gasteiger partial charge on any atom is -0.330 e. The number of aromatic nitrogens is 1. The van der Waals surface area contributed by atoms with E-state index in [2.05, 4.69) is 29.2 Å². The Morgan fingerprint density at radius 2 is 1.76 bits per heavy atom. The topological polar surface area (TPSA) is 38.9 Å². The number of para-hydroxylation sites is 1. The molecule has 17 heavy (non-hydrogen) atoms. The zero-order chi connectivity index (χ0) is 11.9. The largest absolute Gasteiger partial charge is 0.330 e. The lowest BCUT2D eigenvalue weighted by Gasteiger charge is -2.05. The van der Waals surface area contributed by atoms with Crippen molar-refractivity contribution in [2.75, 3.05) is 6.54 Å². The van der Waals surface area contributed by atoms with Crippen LogP contribution in [0.25, 0.3) is 10.9 Å². The fourth-order valence-electron chi connectivity index (χ4n) is 2.19. The lowest BCUT2D eigenvalue weighted by Crippen LogP contribution is -1.98. The van der Waals surface area contributed by atoms with Crippen molar-refractivity contribution in [1.29, 1.82) is 0 Å². The highest BCUT2D eigenvalue weighted by Crippen LogP contribution is 2.18. The molecule has 2 rings (SSSR count). The molecule has 0 saturated carbocycles. The molecule has 0 spiro atoms. The molecule has 0 fully saturated rings. The summed E-state index contributed by atoms with van der Waals surface area (Å²) in [6, 6.07) is 10.5. The first kappa shape index (κ1) is 12.1. The Bertz CT molecular complexity index is 460. The van der Waals surface area contributed by atoms with Gasteiger partial charge in [0.2, 0.25) is 0 Å². The normalized spacial score (nSPS) is 10.9. The second-order valence-corrected chi connectivity index (χ2v) is 4.44. The number of pyridine rings is 1. The van der Waals surface area contributed by atoms with Gasteiger partial charge in [0.1, 0.15) is 0 Å². The van der Waals surface area contributed by atoms with Crippen LogP contribution in [-0.2, 0) is 6.42 Å². The van der Waals surface area contributed by atoms with Gasteiger partial charge in [0.15, 0.2) is 0 Å². The van der Waals surface area contributed by atoms with Gasteiger partial charge in [0, 0.05) is 11.6 Å². The van der Waals surface area contributed by atoms with Crippen LogP contribution < -0.4 is 5.73 Å². The quantitative estimate of drug-likeness (QED) is 0.770. The van der Waals surface area contributed by atoms with E-state index in [1.807, 2.05) is 12.3 Å². The van der Waals surface area contributed by atoms with Gasteiger partial charge in [-0.25, -0.2) is 0 Å². The maximum atomic E-state index is 5.49. The third kappa shape index (κ3) is 3.27. The molecule has 0 aliphatic carbocycles. The summed E-state index contributed by atoms with van der Waals surface area (Å²) in [5.74, 6) is 0. The van der Waals surface area contributed by atoms with Gasteiger partial charge in [0.25, 0.3) is 0 Å². The van der Waals surface area contributed by atoms with Gasteiger partial charge in [-0.1, -0.05) is 31.0 Å². The summed E-state index contributed by atoms with van der Waals surface area (Å²) in [7, 11) is 0. The lowest BCUT2D eigenvalue weighted by atomic mass is 10.0. The lowest BCUT2D eigenvalue weighted by molar-refractivity contribution is 0.647. The molecule has 0 atom stereocenters. The van der Waals surface area contributed by atoms with Gasteiger partial charge >= 0.3 is 0 Å². The molecule has 0 aliphatic heterocycles. The third-order valence-corrected chi connectivity index (χ3v) is 3.14. The van der Waals surface area contributed by atoms with Crippen molar-refractivity contribution in [1.82, 2.24) is 4.98 Å². The summed E-state index contributed by atoms with van der Waals surface area (Å²) in [5.41, 5.74) is 8.01. The van der Waals surface area contributed by atoms with Crippen LogP contribution in [0.4, 0.5) is 0 Å². The highest BCUT2D eigenvalue weighted by Gasteiger charge is 2.00. The summed E-state index contributed by atoms with van der Waals surface area (Å²) >= 11 is 0. The van der Waals surface area contributed by atoms with Crippen molar-refractivity contribution in [3.63, 3.8) is 0 Å². The Morgan fingerprint density at radius 1 is 0.941 bits per heavy atom. The van der Waals surface area contributed by atoms with Gasteiger partial charge in [0.05, 0.1) is 5.52 Å². The van der Waals surface area contributed by atoms with Crippen LogP contribution in [0.3, 0.4) is 0 Å². The van der Waals surface area contributed by atoms with Gasteiger partial charge < -0.3 is 5.73 Å². The number of hydrogen-bond donors (Lipinski definition) is 1. The Labute approximate surface area is 103 Å². The molecule has 0 saturated heterocycles. The number of benzene rings is 1. The molecule has 2 aromatic rings. The van der Waals surface area contributed by atoms with Crippen molar-refractivity contribution in [2.45, 2.75) is 32.1 Å². The molecule has 2 heteroatoms. The zero-order valence-electron chi connectivity index (χ0n) is 10.2. The molecule has 0 unspecified atom stereocenters. The molecule has 2 N–H and O–H groups in total. The predicted molar refractivity (Wildman–Crippen MR) is 73.0 cm³/mol. The zero-order valence-corrected chi connectivity index (χ0v) is 10.2. The van der Waals surface area contributed by atoms with E-state index >= 15 is 0 Å². The van der Waals surface area contributed by atoms with Gasteiger partial charge in [-0.15, -0.1) is 0 Å². The van der Waals surface area contributed by atoms with E-state index < -0.39 is 0 Å². The first-order valence-corrected chi connectivity index (χ1v) is 6.44. The van der Waals surface area contributed by atoms with Crippen LogP contribution in [0.1, 0.15) is 31.2 Å². The Balaban J connectivity index is 1.98. The van der Waals surface area contributed by atoms with E-state index in [4.69, 9.17) is 5.73 Å². The minimum absolute atomic E-state index is 0.818.